The number of benzene rings is 1. The molecule has 1 saturated carbocycles. The first-order chi connectivity index (χ1) is 9.52. The number of hydrogen-bond acceptors (Lipinski definition) is 3. The van der Waals surface area contributed by atoms with E-state index in [2.05, 4.69) is 46.9 Å². The van der Waals surface area contributed by atoms with Gasteiger partial charge in [-0.15, -0.1) is 0 Å². The monoisotopic (exact) mass is 340 g/mol. The molecule has 0 heterocycles. The number of likely N-dealkylation sites (N-methyl/N-ethyl adjacent to an activating group) is 2. The second kappa shape index (κ2) is 6.92. The lowest BCUT2D eigenvalue weighted by Crippen LogP contribution is -2.57. The summed E-state index contributed by atoms with van der Waals surface area (Å²) in [5.74, 6) is 0.938. The zero-order valence-corrected chi connectivity index (χ0v) is 14.3. The van der Waals surface area contributed by atoms with E-state index < -0.39 is 0 Å². The Labute approximate surface area is 131 Å². The first-order valence-corrected chi connectivity index (χ1v) is 8.05. The van der Waals surface area contributed by atoms with Gasteiger partial charge in [-0.2, -0.15) is 0 Å². The van der Waals surface area contributed by atoms with Crippen molar-refractivity contribution in [1.29, 1.82) is 0 Å². The van der Waals surface area contributed by atoms with Crippen LogP contribution in [0.5, 0.6) is 5.75 Å². The third-order valence-corrected chi connectivity index (χ3v) is 4.88. The molecule has 0 N–H and O–H groups in total. The molecule has 0 unspecified atom stereocenters. The summed E-state index contributed by atoms with van der Waals surface area (Å²) >= 11 is 3.43. The molecular formula is C16H25BrN2O. The largest absolute Gasteiger partial charge is 0.492 e. The summed E-state index contributed by atoms with van der Waals surface area (Å²) in [7, 11) is 6.59. The van der Waals surface area contributed by atoms with Gasteiger partial charge in [-0.1, -0.05) is 15.9 Å². The summed E-state index contributed by atoms with van der Waals surface area (Å²) in [6.07, 6.45) is 4.00. The van der Waals surface area contributed by atoms with E-state index in [0.717, 1.165) is 29.9 Å². The minimum absolute atomic E-state index is 0.395. The third kappa shape index (κ3) is 3.96. The highest BCUT2D eigenvalue weighted by Crippen LogP contribution is 2.36. The molecule has 0 aliphatic heterocycles. The quantitative estimate of drug-likeness (QED) is 0.757. The number of halogens is 1. The van der Waals surface area contributed by atoms with Crippen LogP contribution in [0.25, 0.3) is 0 Å². The SMILES string of the molecule is CN(CCOc1ccc(Br)cc1)CC1(N(C)C)CCC1. The van der Waals surface area contributed by atoms with E-state index in [9.17, 15) is 0 Å². The van der Waals surface area contributed by atoms with Crippen LogP contribution in [0.2, 0.25) is 0 Å². The number of ether oxygens (including phenoxy) is 1. The molecule has 3 nitrogen and oxygen atoms in total. The predicted octanol–water partition coefficient (Wildman–Crippen LogP) is 3.24. The van der Waals surface area contributed by atoms with Crippen LogP contribution in [0.1, 0.15) is 19.3 Å². The van der Waals surface area contributed by atoms with Gasteiger partial charge in [0.1, 0.15) is 12.4 Å². The normalized spacial score (nSPS) is 17.3. The molecule has 1 aliphatic carbocycles. The summed E-state index contributed by atoms with van der Waals surface area (Å²) in [6, 6.07) is 8.01. The van der Waals surface area contributed by atoms with E-state index in [1.165, 1.54) is 19.3 Å². The van der Waals surface area contributed by atoms with E-state index in [0.29, 0.717) is 5.54 Å². The van der Waals surface area contributed by atoms with E-state index in [-0.39, 0.29) is 0 Å². The summed E-state index contributed by atoms with van der Waals surface area (Å²) < 4.78 is 6.87. The van der Waals surface area contributed by atoms with E-state index in [1.54, 1.807) is 0 Å². The highest BCUT2D eigenvalue weighted by atomic mass is 79.9. The molecular weight excluding hydrogens is 316 g/mol. The third-order valence-electron chi connectivity index (χ3n) is 4.35. The second-order valence-electron chi connectivity index (χ2n) is 6.01. The maximum absolute atomic E-state index is 5.78. The molecule has 0 radical (unpaired) electrons. The van der Waals surface area contributed by atoms with Gasteiger partial charge in [0.25, 0.3) is 0 Å². The average molecular weight is 341 g/mol. The zero-order chi connectivity index (χ0) is 14.6. The van der Waals surface area contributed by atoms with Gasteiger partial charge in [-0.05, 0) is 64.7 Å². The highest BCUT2D eigenvalue weighted by Gasteiger charge is 2.39. The van der Waals surface area contributed by atoms with Crippen LogP contribution in [-0.4, -0.2) is 56.2 Å². The Morgan fingerprint density at radius 3 is 2.30 bits per heavy atom. The summed E-state index contributed by atoms with van der Waals surface area (Å²) in [5, 5.41) is 0. The second-order valence-corrected chi connectivity index (χ2v) is 6.93. The molecule has 0 saturated heterocycles. The van der Waals surface area contributed by atoms with Crippen molar-refractivity contribution in [2.45, 2.75) is 24.8 Å². The average Bonchev–Trinajstić information content (AvgIpc) is 2.36. The van der Waals surface area contributed by atoms with Gasteiger partial charge in [0.15, 0.2) is 0 Å². The summed E-state index contributed by atoms with van der Waals surface area (Å²) in [5.41, 5.74) is 0.395. The molecule has 1 aromatic carbocycles. The molecule has 0 spiro atoms. The lowest BCUT2D eigenvalue weighted by atomic mass is 9.75. The number of nitrogens with zero attached hydrogens (tertiary/aromatic N) is 2. The van der Waals surface area contributed by atoms with Crippen LogP contribution in [0.3, 0.4) is 0 Å². The Morgan fingerprint density at radius 1 is 1.15 bits per heavy atom. The van der Waals surface area contributed by atoms with E-state index in [4.69, 9.17) is 4.74 Å². The van der Waals surface area contributed by atoms with E-state index in [1.807, 2.05) is 24.3 Å². The molecule has 0 bridgehead atoms. The van der Waals surface area contributed by atoms with E-state index >= 15 is 0 Å². The lowest BCUT2D eigenvalue weighted by molar-refractivity contribution is 0.0250. The van der Waals surface area contributed by atoms with Crippen molar-refractivity contribution >= 4 is 15.9 Å². The molecule has 20 heavy (non-hydrogen) atoms. The number of hydrogen-bond donors (Lipinski definition) is 0. The Kier molecular flexibility index (Phi) is 5.47. The minimum atomic E-state index is 0.395. The fourth-order valence-corrected chi connectivity index (χ4v) is 3.03. The van der Waals surface area contributed by atoms with Crippen molar-refractivity contribution in [2.24, 2.45) is 0 Å². The van der Waals surface area contributed by atoms with Gasteiger partial charge >= 0.3 is 0 Å². The molecule has 1 aromatic rings. The fraction of sp³-hybridized carbons (Fsp3) is 0.625. The maximum atomic E-state index is 5.78. The van der Waals surface area contributed by atoms with Crippen molar-refractivity contribution in [1.82, 2.24) is 9.80 Å². The molecule has 1 fully saturated rings. The van der Waals surface area contributed by atoms with Crippen LogP contribution in [0, 0.1) is 0 Å². The van der Waals surface area contributed by atoms with Gasteiger partial charge in [0, 0.05) is 23.1 Å². The van der Waals surface area contributed by atoms with Gasteiger partial charge in [0.05, 0.1) is 0 Å². The van der Waals surface area contributed by atoms with Crippen LogP contribution in [0.4, 0.5) is 0 Å². The molecule has 112 valence electrons. The highest BCUT2D eigenvalue weighted by molar-refractivity contribution is 9.10. The van der Waals surface area contributed by atoms with Crippen LogP contribution >= 0.6 is 15.9 Å². The zero-order valence-electron chi connectivity index (χ0n) is 12.7. The lowest BCUT2D eigenvalue weighted by Gasteiger charge is -2.49. The smallest absolute Gasteiger partial charge is 0.119 e. The van der Waals surface area contributed by atoms with Crippen LogP contribution < -0.4 is 4.74 Å². The van der Waals surface area contributed by atoms with Gasteiger partial charge in [-0.3, -0.25) is 0 Å². The fourth-order valence-electron chi connectivity index (χ4n) is 2.76. The first kappa shape index (κ1) is 15.8. The standard InChI is InChI=1S/C16H25BrN2O/c1-18(2)16(9-4-10-16)13-19(3)11-12-20-15-7-5-14(17)6-8-15/h5-8H,4,9-13H2,1-3H3. The Balaban J connectivity index is 1.72. The van der Waals surface area contributed by atoms with Crippen molar-refractivity contribution in [3.8, 4) is 5.75 Å². The summed E-state index contributed by atoms with van der Waals surface area (Å²) in [6.45, 7) is 2.83. The summed E-state index contributed by atoms with van der Waals surface area (Å²) in [4.78, 5) is 4.78. The van der Waals surface area contributed by atoms with Crippen molar-refractivity contribution < 1.29 is 4.74 Å². The Morgan fingerprint density at radius 2 is 1.80 bits per heavy atom. The molecule has 1 aliphatic rings. The molecule has 0 atom stereocenters. The molecule has 2 rings (SSSR count). The molecule has 0 aromatic heterocycles. The van der Waals surface area contributed by atoms with Crippen LogP contribution in [0.15, 0.2) is 28.7 Å². The van der Waals surface area contributed by atoms with Crippen molar-refractivity contribution in [3.05, 3.63) is 28.7 Å². The topological polar surface area (TPSA) is 15.7 Å². The molecule has 4 heteroatoms. The van der Waals surface area contributed by atoms with Crippen molar-refractivity contribution in [3.63, 3.8) is 0 Å². The van der Waals surface area contributed by atoms with Gasteiger partial charge < -0.3 is 14.5 Å². The van der Waals surface area contributed by atoms with Gasteiger partial charge in [0.2, 0.25) is 0 Å². The molecule has 0 amide bonds. The Bertz CT molecular complexity index is 415. The van der Waals surface area contributed by atoms with Crippen molar-refractivity contribution in [2.75, 3.05) is 40.8 Å². The predicted molar refractivity (Wildman–Crippen MR) is 87.4 cm³/mol. The Hall–Kier alpha value is -0.580. The number of rotatable bonds is 7. The van der Waals surface area contributed by atoms with Gasteiger partial charge in [-0.25, -0.2) is 0 Å². The minimum Gasteiger partial charge on any atom is -0.492 e. The maximum Gasteiger partial charge on any atom is 0.119 e. The first-order valence-electron chi connectivity index (χ1n) is 7.26. The van der Waals surface area contributed by atoms with Crippen LogP contribution in [-0.2, 0) is 0 Å².